The number of esters is 3. The summed E-state index contributed by atoms with van der Waals surface area (Å²) in [5.41, 5.74) is -2.46. The number of ether oxygens (including phenoxy) is 3. The van der Waals surface area contributed by atoms with Crippen LogP contribution in [-0.4, -0.2) is 42.8 Å². The van der Waals surface area contributed by atoms with Crippen molar-refractivity contribution < 1.29 is 28.6 Å². The zero-order valence-corrected chi connectivity index (χ0v) is 16.2. The van der Waals surface area contributed by atoms with E-state index in [0.29, 0.717) is 0 Å². The predicted octanol–water partition coefficient (Wildman–Crippen LogP) is 2.05. The molecule has 0 saturated heterocycles. The molecule has 144 valence electrons. The lowest BCUT2D eigenvalue weighted by atomic mass is 9.97. The van der Waals surface area contributed by atoms with Crippen LogP contribution >= 0.6 is 0 Å². The van der Waals surface area contributed by atoms with Crippen LogP contribution in [-0.2, 0) is 19.7 Å². The van der Waals surface area contributed by atoms with Gasteiger partial charge in [-0.05, 0) is 41.5 Å². The van der Waals surface area contributed by atoms with Gasteiger partial charge in [-0.3, -0.25) is 4.79 Å². The number of rotatable bonds is 5. The maximum atomic E-state index is 13.0. The smallest absolute Gasteiger partial charge is 0.344 e. The number of pyridine rings is 1. The first-order chi connectivity index (χ1) is 12.0. The van der Waals surface area contributed by atoms with Crippen LogP contribution in [0, 0.1) is 6.92 Å². The molecule has 0 spiro atoms. The summed E-state index contributed by atoms with van der Waals surface area (Å²) in [5, 5.41) is 0. The normalized spacial score (nSPS) is 11.0. The van der Waals surface area contributed by atoms with Crippen molar-refractivity contribution >= 4 is 17.9 Å². The van der Waals surface area contributed by atoms with Crippen LogP contribution in [0.4, 0.5) is 0 Å². The van der Waals surface area contributed by atoms with E-state index >= 15 is 0 Å². The minimum Gasteiger partial charge on any atom is -0.465 e. The van der Waals surface area contributed by atoms with Gasteiger partial charge < -0.3 is 18.8 Å². The Balaban J connectivity index is 4.13. The number of hydrogen-bond donors (Lipinski definition) is 0. The van der Waals surface area contributed by atoms with Gasteiger partial charge in [0.1, 0.15) is 5.56 Å². The number of hydrogen-bond acceptors (Lipinski definition) is 7. The third kappa shape index (κ3) is 3.95. The van der Waals surface area contributed by atoms with E-state index < -0.39 is 40.1 Å². The molecule has 0 bridgehead atoms. The van der Waals surface area contributed by atoms with E-state index in [2.05, 4.69) is 0 Å². The maximum absolute atomic E-state index is 13.0. The lowest BCUT2D eigenvalue weighted by Gasteiger charge is -2.28. The molecular formula is C18H25NO7. The molecule has 0 N–H and O–H groups in total. The van der Waals surface area contributed by atoms with Gasteiger partial charge in [0.2, 0.25) is 0 Å². The van der Waals surface area contributed by atoms with Crippen LogP contribution < -0.4 is 5.56 Å². The monoisotopic (exact) mass is 367 g/mol. The Labute approximate surface area is 152 Å². The highest BCUT2D eigenvalue weighted by atomic mass is 16.5. The first kappa shape index (κ1) is 21.4. The first-order valence-corrected chi connectivity index (χ1v) is 8.25. The lowest BCUT2D eigenvalue weighted by molar-refractivity contribution is 0.0464. The zero-order valence-electron chi connectivity index (χ0n) is 16.2. The van der Waals surface area contributed by atoms with Gasteiger partial charge in [0.25, 0.3) is 5.56 Å². The first-order valence-electron chi connectivity index (χ1n) is 8.25. The number of aromatic nitrogens is 1. The molecule has 0 radical (unpaired) electrons. The van der Waals surface area contributed by atoms with Crippen molar-refractivity contribution in [1.29, 1.82) is 0 Å². The van der Waals surface area contributed by atoms with E-state index in [1.807, 2.05) is 0 Å². The Bertz CT molecular complexity index is 784. The van der Waals surface area contributed by atoms with Crippen molar-refractivity contribution in [3.63, 3.8) is 0 Å². The van der Waals surface area contributed by atoms with Gasteiger partial charge in [-0.25, -0.2) is 14.4 Å². The van der Waals surface area contributed by atoms with Crippen LogP contribution in [0.2, 0.25) is 0 Å². The average molecular weight is 367 g/mol. The number of carbonyl (C=O) groups is 3. The third-order valence-electron chi connectivity index (χ3n) is 3.63. The second-order valence-corrected chi connectivity index (χ2v) is 6.45. The molecule has 1 heterocycles. The van der Waals surface area contributed by atoms with Gasteiger partial charge in [0.05, 0.1) is 31.5 Å². The molecule has 26 heavy (non-hydrogen) atoms. The molecule has 0 saturated carbocycles. The van der Waals surface area contributed by atoms with Gasteiger partial charge >= 0.3 is 17.9 Å². The molecule has 0 unspecified atom stereocenters. The van der Waals surface area contributed by atoms with Crippen molar-refractivity contribution in [3.05, 3.63) is 32.7 Å². The summed E-state index contributed by atoms with van der Waals surface area (Å²) in [4.78, 5) is 50.4. The molecular weight excluding hydrogens is 342 g/mol. The summed E-state index contributed by atoms with van der Waals surface area (Å²) in [6.07, 6.45) is 0. The van der Waals surface area contributed by atoms with E-state index in [1.165, 1.54) is 11.5 Å². The fourth-order valence-corrected chi connectivity index (χ4v) is 2.75. The van der Waals surface area contributed by atoms with E-state index in [9.17, 15) is 19.2 Å². The molecule has 0 aliphatic rings. The van der Waals surface area contributed by atoms with E-state index in [1.54, 1.807) is 34.6 Å². The predicted molar refractivity (Wildman–Crippen MR) is 93.7 cm³/mol. The van der Waals surface area contributed by atoms with Gasteiger partial charge in [-0.2, -0.15) is 0 Å². The Hall–Kier alpha value is -2.64. The molecule has 1 aromatic rings. The van der Waals surface area contributed by atoms with E-state index in [0.717, 1.165) is 7.11 Å². The fraction of sp³-hybridized carbons (Fsp3) is 0.556. The Morgan fingerprint density at radius 1 is 0.885 bits per heavy atom. The quantitative estimate of drug-likeness (QED) is 0.580. The highest BCUT2D eigenvalue weighted by molar-refractivity contribution is 6.10. The number of methoxy groups -OCH3 is 1. The van der Waals surface area contributed by atoms with Crippen LogP contribution in [0.25, 0.3) is 0 Å². The second kappa shape index (κ2) is 8.16. The van der Waals surface area contributed by atoms with Crippen molar-refractivity contribution in [2.75, 3.05) is 20.3 Å². The largest absolute Gasteiger partial charge is 0.465 e. The molecule has 0 aliphatic carbocycles. The molecule has 0 atom stereocenters. The van der Waals surface area contributed by atoms with Gasteiger partial charge in [0.15, 0.2) is 0 Å². The van der Waals surface area contributed by atoms with Crippen molar-refractivity contribution in [3.8, 4) is 0 Å². The molecule has 0 amide bonds. The topological polar surface area (TPSA) is 101 Å². The summed E-state index contributed by atoms with van der Waals surface area (Å²) in [6, 6.07) is 0. The molecule has 1 aromatic heterocycles. The molecule has 0 aliphatic heterocycles. The van der Waals surface area contributed by atoms with Gasteiger partial charge in [0, 0.05) is 11.2 Å². The highest BCUT2D eigenvalue weighted by Crippen LogP contribution is 2.24. The Kier molecular flexibility index (Phi) is 6.72. The summed E-state index contributed by atoms with van der Waals surface area (Å²) in [5.74, 6) is -2.81. The van der Waals surface area contributed by atoms with Crippen LogP contribution in [0.5, 0.6) is 0 Å². The summed E-state index contributed by atoms with van der Waals surface area (Å²) in [7, 11) is 1.15. The van der Waals surface area contributed by atoms with Crippen molar-refractivity contribution in [1.82, 2.24) is 4.57 Å². The zero-order chi connectivity index (χ0) is 20.2. The van der Waals surface area contributed by atoms with Crippen molar-refractivity contribution in [2.24, 2.45) is 0 Å². The fourth-order valence-electron chi connectivity index (χ4n) is 2.75. The maximum Gasteiger partial charge on any atom is 0.344 e. The van der Waals surface area contributed by atoms with Gasteiger partial charge in [-0.1, -0.05) is 0 Å². The molecule has 0 fully saturated rings. The SMILES string of the molecule is CCOC(=O)c1c(C(=O)OC)c(C)n(C(C)(C)C)c(=O)c1C(=O)OCC. The van der Waals surface area contributed by atoms with E-state index in [-0.39, 0.29) is 24.5 Å². The van der Waals surface area contributed by atoms with E-state index in [4.69, 9.17) is 14.2 Å². The summed E-state index contributed by atoms with van der Waals surface area (Å²) in [6.45, 7) is 9.87. The van der Waals surface area contributed by atoms with Crippen LogP contribution in [0.1, 0.15) is 71.4 Å². The minimum absolute atomic E-state index is 0.00249. The average Bonchev–Trinajstić information content (AvgIpc) is 2.52. The molecule has 1 rings (SSSR count). The number of nitrogens with zero attached hydrogens (tertiary/aromatic N) is 1. The molecule has 0 aromatic carbocycles. The highest BCUT2D eigenvalue weighted by Gasteiger charge is 2.35. The molecule has 8 heteroatoms. The summed E-state index contributed by atoms with van der Waals surface area (Å²) >= 11 is 0. The standard InChI is InChI=1S/C18H25NO7/c1-8-25-16(22)12-11(15(21)24-7)10(3)19(18(4,5)6)14(20)13(12)17(23)26-9-2/h8-9H2,1-7H3. The minimum atomic E-state index is -0.997. The van der Waals surface area contributed by atoms with Crippen molar-refractivity contribution in [2.45, 2.75) is 47.1 Å². The lowest BCUT2D eigenvalue weighted by Crippen LogP contribution is -2.42. The molecule has 8 nitrogen and oxygen atoms in total. The Morgan fingerprint density at radius 3 is 1.73 bits per heavy atom. The second-order valence-electron chi connectivity index (χ2n) is 6.45. The summed E-state index contributed by atoms with van der Waals surface area (Å²) < 4.78 is 16.0. The van der Waals surface area contributed by atoms with Crippen LogP contribution in [0.15, 0.2) is 4.79 Å². The van der Waals surface area contributed by atoms with Gasteiger partial charge in [-0.15, -0.1) is 0 Å². The van der Waals surface area contributed by atoms with Crippen LogP contribution in [0.3, 0.4) is 0 Å². The third-order valence-corrected chi connectivity index (χ3v) is 3.63. The number of carbonyl (C=O) groups excluding carboxylic acids is 3. The Morgan fingerprint density at radius 2 is 1.35 bits per heavy atom.